The van der Waals surface area contributed by atoms with Gasteiger partial charge in [-0.05, 0) is 6.92 Å². The van der Waals surface area contributed by atoms with Crippen LogP contribution < -0.4 is 4.98 Å². The van der Waals surface area contributed by atoms with Crippen molar-refractivity contribution in [2.24, 2.45) is 0 Å². The lowest BCUT2D eigenvalue weighted by Crippen LogP contribution is -2.00. The van der Waals surface area contributed by atoms with Crippen LogP contribution in [0.3, 0.4) is 0 Å². The van der Waals surface area contributed by atoms with Gasteiger partial charge in [-0.3, -0.25) is 9.35 Å². The molecule has 0 saturated carbocycles. The number of carbonyl (C=O) groups excluding carboxylic acids is 1. The molecular weight excluding hydrogens is 210 g/mol. The molecule has 0 amide bonds. The van der Waals surface area contributed by atoms with E-state index in [0.717, 1.165) is 5.56 Å². The van der Waals surface area contributed by atoms with Gasteiger partial charge in [0.2, 0.25) is 10.4 Å². The molecule has 7 heteroatoms. The lowest BCUT2D eigenvalue weighted by atomic mass is 10.2. The van der Waals surface area contributed by atoms with Crippen LogP contribution in [0.1, 0.15) is 17.3 Å². The molecule has 0 aliphatic rings. The van der Waals surface area contributed by atoms with Gasteiger partial charge in [-0.25, -0.2) is 13.4 Å². The topological polar surface area (TPSA) is 109 Å². The molecule has 0 bridgehead atoms. The van der Waals surface area contributed by atoms with Gasteiger partial charge >= 0.3 is 0 Å². The summed E-state index contributed by atoms with van der Waals surface area (Å²) < 4.78 is 32.8. The summed E-state index contributed by atoms with van der Waals surface area (Å²) in [7, 11) is -4.92. The van der Waals surface area contributed by atoms with E-state index in [1.165, 1.54) is 0 Å². The van der Waals surface area contributed by atoms with Gasteiger partial charge < -0.3 is 4.55 Å². The van der Waals surface area contributed by atoms with E-state index in [2.05, 4.69) is 4.98 Å². The quantitative estimate of drug-likeness (QED) is 0.396. The SMILES string of the molecule is CC(=O)c1cc[nH+]cc1.O=S(=O)([O-])O. The standard InChI is InChI=1S/C7H7NO.H2O4S/c1-6(9)7-2-4-8-5-3-7;1-5(2,3)4/h2-5H,1H3;(H2,1,2,3,4). The number of nitrogens with one attached hydrogen (secondary N) is 1. The zero-order valence-corrected chi connectivity index (χ0v) is 8.11. The van der Waals surface area contributed by atoms with E-state index in [9.17, 15) is 4.79 Å². The lowest BCUT2D eigenvalue weighted by molar-refractivity contribution is -0.378. The van der Waals surface area contributed by atoms with Gasteiger partial charge in [0.15, 0.2) is 18.2 Å². The van der Waals surface area contributed by atoms with E-state index in [-0.39, 0.29) is 5.78 Å². The fourth-order valence-corrected chi connectivity index (χ4v) is 0.622. The molecular formula is C7H9NO5S. The molecule has 78 valence electrons. The monoisotopic (exact) mass is 219 g/mol. The highest BCUT2D eigenvalue weighted by atomic mass is 32.3. The summed E-state index contributed by atoms with van der Waals surface area (Å²) in [5.41, 5.74) is 0.744. The zero-order valence-electron chi connectivity index (χ0n) is 7.30. The van der Waals surface area contributed by atoms with Crippen LogP contribution in [0.15, 0.2) is 24.5 Å². The summed E-state index contributed by atoms with van der Waals surface area (Å²) in [6, 6.07) is 3.50. The number of rotatable bonds is 1. The molecule has 1 rings (SSSR count). The van der Waals surface area contributed by atoms with E-state index in [0.29, 0.717) is 0 Å². The third-order valence-corrected chi connectivity index (χ3v) is 1.12. The Balaban J connectivity index is 0.000000292. The van der Waals surface area contributed by atoms with E-state index in [4.69, 9.17) is 17.5 Å². The Morgan fingerprint density at radius 1 is 1.43 bits per heavy atom. The predicted octanol–water partition coefficient (Wildman–Crippen LogP) is -0.292. The van der Waals surface area contributed by atoms with Crippen molar-refractivity contribution in [3.05, 3.63) is 30.1 Å². The number of pyridine rings is 1. The maximum Gasteiger partial charge on any atom is 0.215 e. The molecule has 0 aliphatic heterocycles. The van der Waals surface area contributed by atoms with Crippen molar-refractivity contribution in [2.45, 2.75) is 6.92 Å². The number of aromatic nitrogens is 1. The number of H-pyrrole nitrogens is 1. The molecule has 0 aliphatic carbocycles. The van der Waals surface area contributed by atoms with Gasteiger partial charge in [-0.15, -0.1) is 0 Å². The number of hydrogen-bond acceptors (Lipinski definition) is 4. The van der Waals surface area contributed by atoms with Crippen molar-refractivity contribution in [1.82, 2.24) is 0 Å². The third kappa shape index (κ3) is 8.78. The molecule has 1 aromatic rings. The first kappa shape index (κ1) is 12.7. The molecule has 0 spiro atoms. The molecule has 6 nitrogen and oxygen atoms in total. The highest BCUT2D eigenvalue weighted by Gasteiger charge is 1.96. The highest BCUT2D eigenvalue weighted by molar-refractivity contribution is 7.79. The average Bonchev–Trinajstić information content (AvgIpc) is 2.03. The molecule has 0 fully saturated rings. The number of ketones is 1. The normalized spacial score (nSPS) is 9.93. The van der Waals surface area contributed by atoms with Crippen molar-refractivity contribution in [3.63, 3.8) is 0 Å². The van der Waals surface area contributed by atoms with E-state index in [1.807, 2.05) is 0 Å². The number of Topliss-reactive ketones (excluding diaryl/α,β-unsaturated/α-hetero) is 1. The fraction of sp³-hybridized carbons (Fsp3) is 0.143. The molecule has 14 heavy (non-hydrogen) atoms. The second-order valence-electron chi connectivity index (χ2n) is 2.27. The second-order valence-corrected chi connectivity index (χ2v) is 3.13. The van der Waals surface area contributed by atoms with Crippen LogP contribution in [0, 0.1) is 0 Å². The Labute approximate surface area is 81.2 Å². The maximum absolute atomic E-state index is 10.6. The first-order valence-corrected chi connectivity index (χ1v) is 4.82. The van der Waals surface area contributed by atoms with Crippen molar-refractivity contribution in [1.29, 1.82) is 0 Å². The van der Waals surface area contributed by atoms with Crippen molar-refractivity contribution >= 4 is 16.2 Å². The third-order valence-electron chi connectivity index (χ3n) is 1.12. The Morgan fingerprint density at radius 2 is 1.79 bits per heavy atom. The fourth-order valence-electron chi connectivity index (χ4n) is 0.622. The van der Waals surface area contributed by atoms with Crippen molar-refractivity contribution in [3.8, 4) is 0 Å². The van der Waals surface area contributed by atoms with Gasteiger partial charge in [0.25, 0.3) is 0 Å². The molecule has 2 N–H and O–H groups in total. The summed E-state index contributed by atoms with van der Waals surface area (Å²) in [4.78, 5) is 13.5. The lowest BCUT2D eigenvalue weighted by Gasteiger charge is -1.88. The van der Waals surface area contributed by atoms with Gasteiger partial charge in [0.1, 0.15) is 0 Å². The summed E-state index contributed by atoms with van der Waals surface area (Å²) in [6.07, 6.45) is 3.47. The number of carbonyl (C=O) groups is 1. The first-order chi connectivity index (χ1) is 6.30. The average molecular weight is 219 g/mol. The van der Waals surface area contributed by atoms with Crippen LogP contribution >= 0.6 is 0 Å². The van der Waals surface area contributed by atoms with Crippen LogP contribution in [0.5, 0.6) is 0 Å². The molecule has 0 atom stereocenters. The first-order valence-electron chi connectivity index (χ1n) is 3.46. The van der Waals surface area contributed by atoms with Gasteiger partial charge in [0.05, 0.1) is 0 Å². The van der Waals surface area contributed by atoms with Gasteiger partial charge in [-0.1, -0.05) is 0 Å². The number of hydrogen-bond donors (Lipinski definition) is 1. The van der Waals surface area contributed by atoms with Crippen LogP contribution in [-0.4, -0.2) is 23.3 Å². The summed E-state index contributed by atoms with van der Waals surface area (Å²) >= 11 is 0. The summed E-state index contributed by atoms with van der Waals surface area (Å²) in [5.74, 6) is 0.101. The van der Waals surface area contributed by atoms with Crippen LogP contribution in [-0.2, 0) is 10.4 Å². The second kappa shape index (κ2) is 5.43. The largest absolute Gasteiger partial charge is 0.726 e. The molecule has 0 unspecified atom stereocenters. The minimum atomic E-state index is -4.92. The minimum Gasteiger partial charge on any atom is -0.726 e. The van der Waals surface area contributed by atoms with Gasteiger partial charge in [-0.2, -0.15) is 0 Å². The highest BCUT2D eigenvalue weighted by Crippen LogP contribution is 1.93. The zero-order chi connectivity index (χ0) is 11.2. The maximum atomic E-state index is 10.6. The van der Waals surface area contributed by atoms with Crippen molar-refractivity contribution < 1.29 is 27.3 Å². The Morgan fingerprint density at radius 3 is 2.00 bits per heavy atom. The van der Waals surface area contributed by atoms with E-state index < -0.39 is 10.4 Å². The Hall–Kier alpha value is -1.31. The Bertz CT molecular complexity index is 378. The molecule has 0 aromatic carbocycles. The van der Waals surface area contributed by atoms with E-state index in [1.54, 1.807) is 31.5 Å². The predicted molar refractivity (Wildman–Crippen MR) is 45.3 cm³/mol. The Kier molecular flexibility index (Phi) is 4.92. The summed E-state index contributed by atoms with van der Waals surface area (Å²) in [6.45, 7) is 1.55. The van der Waals surface area contributed by atoms with Crippen LogP contribution in [0.2, 0.25) is 0 Å². The summed E-state index contributed by atoms with van der Waals surface area (Å²) in [5, 5.41) is 0. The van der Waals surface area contributed by atoms with Crippen LogP contribution in [0.4, 0.5) is 0 Å². The smallest absolute Gasteiger partial charge is 0.215 e. The van der Waals surface area contributed by atoms with E-state index >= 15 is 0 Å². The molecule has 1 aromatic heterocycles. The molecule has 0 radical (unpaired) electrons. The number of aromatic amines is 1. The minimum absolute atomic E-state index is 0.101. The van der Waals surface area contributed by atoms with Gasteiger partial charge in [0, 0.05) is 17.7 Å². The molecule has 0 saturated heterocycles. The van der Waals surface area contributed by atoms with Crippen molar-refractivity contribution in [2.75, 3.05) is 0 Å². The van der Waals surface area contributed by atoms with Crippen LogP contribution in [0.25, 0.3) is 0 Å². The molecule has 1 heterocycles.